The number of hydrogen-bond acceptors (Lipinski definition) is 1. The fourth-order valence-corrected chi connectivity index (χ4v) is 2.20. The van der Waals surface area contributed by atoms with Crippen LogP contribution in [0.2, 0.25) is 0 Å². The summed E-state index contributed by atoms with van der Waals surface area (Å²) in [5, 5.41) is 0. The van der Waals surface area contributed by atoms with Crippen molar-refractivity contribution in [2.45, 2.75) is 6.42 Å². The SMILES string of the molecule is c1ccc(-c2ccc(CC3COC3)cc2)cc1. The van der Waals surface area contributed by atoms with Crippen LogP contribution in [0.25, 0.3) is 11.1 Å². The number of benzene rings is 2. The molecule has 86 valence electrons. The Balaban J connectivity index is 1.75. The first-order valence-corrected chi connectivity index (χ1v) is 6.14. The van der Waals surface area contributed by atoms with Gasteiger partial charge in [-0.15, -0.1) is 0 Å². The maximum absolute atomic E-state index is 5.20. The molecule has 0 radical (unpaired) electrons. The Labute approximate surface area is 102 Å². The first kappa shape index (κ1) is 10.5. The Morgan fingerprint density at radius 1 is 0.824 bits per heavy atom. The van der Waals surface area contributed by atoms with E-state index in [1.807, 2.05) is 0 Å². The van der Waals surface area contributed by atoms with Crippen molar-refractivity contribution >= 4 is 0 Å². The van der Waals surface area contributed by atoms with Crippen LogP contribution in [0.1, 0.15) is 5.56 Å². The summed E-state index contributed by atoms with van der Waals surface area (Å²) in [4.78, 5) is 0. The summed E-state index contributed by atoms with van der Waals surface area (Å²) in [7, 11) is 0. The lowest BCUT2D eigenvalue weighted by atomic mass is 9.96. The highest BCUT2D eigenvalue weighted by molar-refractivity contribution is 5.63. The van der Waals surface area contributed by atoms with E-state index < -0.39 is 0 Å². The highest BCUT2D eigenvalue weighted by Gasteiger charge is 2.18. The number of hydrogen-bond donors (Lipinski definition) is 0. The van der Waals surface area contributed by atoms with Crippen LogP contribution in [0.4, 0.5) is 0 Å². The fourth-order valence-electron chi connectivity index (χ4n) is 2.20. The normalized spacial score (nSPS) is 15.5. The number of ether oxygens (including phenoxy) is 1. The molecule has 1 aliphatic rings. The fraction of sp³-hybridized carbons (Fsp3) is 0.250. The van der Waals surface area contributed by atoms with E-state index in [4.69, 9.17) is 4.74 Å². The Kier molecular flexibility index (Phi) is 2.93. The highest BCUT2D eigenvalue weighted by Crippen LogP contribution is 2.22. The van der Waals surface area contributed by atoms with Crippen molar-refractivity contribution in [2.75, 3.05) is 13.2 Å². The molecule has 0 amide bonds. The van der Waals surface area contributed by atoms with Gasteiger partial charge in [0.05, 0.1) is 13.2 Å². The zero-order valence-electron chi connectivity index (χ0n) is 9.80. The third kappa shape index (κ3) is 2.40. The van der Waals surface area contributed by atoms with Crippen LogP contribution in [-0.4, -0.2) is 13.2 Å². The van der Waals surface area contributed by atoms with Crippen LogP contribution in [0.15, 0.2) is 54.6 Å². The third-order valence-corrected chi connectivity index (χ3v) is 3.29. The first-order valence-electron chi connectivity index (χ1n) is 6.14. The van der Waals surface area contributed by atoms with Gasteiger partial charge in [-0.25, -0.2) is 0 Å². The monoisotopic (exact) mass is 224 g/mol. The van der Waals surface area contributed by atoms with Crippen molar-refractivity contribution < 1.29 is 4.74 Å². The summed E-state index contributed by atoms with van der Waals surface area (Å²) < 4.78 is 5.20. The molecular formula is C16H16O. The first-order chi connectivity index (χ1) is 8.42. The molecule has 1 heterocycles. The molecule has 3 rings (SSSR count). The van der Waals surface area contributed by atoms with E-state index in [1.54, 1.807) is 0 Å². The Morgan fingerprint density at radius 3 is 2.06 bits per heavy atom. The molecule has 1 aliphatic heterocycles. The van der Waals surface area contributed by atoms with E-state index in [1.165, 1.54) is 16.7 Å². The standard InChI is InChI=1S/C16H16O/c1-2-4-15(5-3-1)16-8-6-13(7-9-16)10-14-11-17-12-14/h1-9,14H,10-12H2. The molecule has 0 N–H and O–H groups in total. The Morgan fingerprint density at radius 2 is 1.47 bits per heavy atom. The molecule has 0 atom stereocenters. The van der Waals surface area contributed by atoms with Gasteiger partial charge in [0, 0.05) is 5.92 Å². The van der Waals surface area contributed by atoms with Crippen LogP contribution in [0, 0.1) is 5.92 Å². The van der Waals surface area contributed by atoms with Gasteiger partial charge in [-0.3, -0.25) is 0 Å². The minimum Gasteiger partial charge on any atom is -0.381 e. The van der Waals surface area contributed by atoms with Crippen LogP contribution >= 0.6 is 0 Å². The largest absolute Gasteiger partial charge is 0.381 e. The third-order valence-electron chi connectivity index (χ3n) is 3.29. The van der Waals surface area contributed by atoms with E-state index >= 15 is 0 Å². The second-order valence-electron chi connectivity index (χ2n) is 4.67. The van der Waals surface area contributed by atoms with Crippen LogP contribution < -0.4 is 0 Å². The van der Waals surface area contributed by atoms with Gasteiger partial charge in [0.25, 0.3) is 0 Å². The van der Waals surface area contributed by atoms with Crippen molar-refractivity contribution in [3.63, 3.8) is 0 Å². The molecule has 0 unspecified atom stereocenters. The molecule has 1 saturated heterocycles. The van der Waals surface area contributed by atoms with Crippen LogP contribution in [-0.2, 0) is 11.2 Å². The molecule has 0 bridgehead atoms. The van der Waals surface area contributed by atoms with Crippen LogP contribution in [0.3, 0.4) is 0 Å². The van der Waals surface area contributed by atoms with Gasteiger partial charge in [0.2, 0.25) is 0 Å². The highest BCUT2D eigenvalue weighted by atomic mass is 16.5. The summed E-state index contributed by atoms with van der Waals surface area (Å²) in [6.45, 7) is 1.86. The Hall–Kier alpha value is -1.60. The van der Waals surface area contributed by atoms with E-state index in [0.717, 1.165) is 25.6 Å². The minimum absolute atomic E-state index is 0.734. The predicted octanol–water partition coefficient (Wildman–Crippen LogP) is 3.54. The van der Waals surface area contributed by atoms with Gasteiger partial charge < -0.3 is 4.74 Å². The van der Waals surface area contributed by atoms with Gasteiger partial charge >= 0.3 is 0 Å². The summed E-state index contributed by atoms with van der Waals surface area (Å²) in [6, 6.07) is 19.4. The predicted molar refractivity (Wildman–Crippen MR) is 69.9 cm³/mol. The maximum atomic E-state index is 5.20. The second kappa shape index (κ2) is 4.72. The Bertz CT molecular complexity index is 469. The summed E-state index contributed by atoms with van der Waals surface area (Å²) in [5.74, 6) is 0.734. The van der Waals surface area contributed by atoms with Crippen LogP contribution in [0.5, 0.6) is 0 Å². The lowest BCUT2D eigenvalue weighted by Crippen LogP contribution is -2.29. The lowest BCUT2D eigenvalue weighted by molar-refractivity contribution is -0.0312. The quantitative estimate of drug-likeness (QED) is 0.774. The molecule has 0 aliphatic carbocycles. The van der Waals surface area contributed by atoms with Gasteiger partial charge in [0.15, 0.2) is 0 Å². The average molecular weight is 224 g/mol. The molecule has 0 spiro atoms. The van der Waals surface area contributed by atoms with Crippen molar-refractivity contribution in [2.24, 2.45) is 5.92 Å². The zero-order valence-corrected chi connectivity index (χ0v) is 9.80. The zero-order chi connectivity index (χ0) is 11.5. The number of rotatable bonds is 3. The summed E-state index contributed by atoms with van der Waals surface area (Å²) >= 11 is 0. The van der Waals surface area contributed by atoms with Gasteiger partial charge in [-0.05, 0) is 23.1 Å². The average Bonchev–Trinajstić information content (AvgIpc) is 2.36. The molecule has 1 heteroatoms. The molecule has 0 aromatic heterocycles. The smallest absolute Gasteiger partial charge is 0.0519 e. The molecule has 2 aromatic carbocycles. The van der Waals surface area contributed by atoms with E-state index in [0.29, 0.717) is 0 Å². The molecule has 17 heavy (non-hydrogen) atoms. The summed E-state index contributed by atoms with van der Waals surface area (Å²) in [5.41, 5.74) is 3.99. The van der Waals surface area contributed by atoms with E-state index in [9.17, 15) is 0 Å². The van der Waals surface area contributed by atoms with Crippen molar-refractivity contribution in [1.82, 2.24) is 0 Å². The van der Waals surface area contributed by atoms with Gasteiger partial charge in [-0.1, -0.05) is 54.6 Å². The molecule has 0 saturated carbocycles. The molecule has 1 fully saturated rings. The summed E-state index contributed by atoms with van der Waals surface area (Å²) in [6.07, 6.45) is 1.15. The van der Waals surface area contributed by atoms with Gasteiger partial charge in [0.1, 0.15) is 0 Å². The minimum atomic E-state index is 0.734. The molecule has 2 aromatic rings. The lowest BCUT2D eigenvalue weighted by Gasteiger charge is -2.25. The molecule has 1 nitrogen and oxygen atoms in total. The molecular weight excluding hydrogens is 208 g/mol. The van der Waals surface area contributed by atoms with E-state index in [2.05, 4.69) is 54.6 Å². The maximum Gasteiger partial charge on any atom is 0.0519 e. The topological polar surface area (TPSA) is 9.23 Å². The van der Waals surface area contributed by atoms with Crippen molar-refractivity contribution in [3.8, 4) is 11.1 Å². The van der Waals surface area contributed by atoms with Gasteiger partial charge in [-0.2, -0.15) is 0 Å². The second-order valence-corrected chi connectivity index (χ2v) is 4.67. The van der Waals surface area contributed by atoms with Crippen molar-refractivity contribution in [3.05, 3.63) is 60.2 Å². The van der Waals surface area contributed by atoms with E-state index in [-0.39, 0.29) is 0 Å². The van der Waals surface area contributed by atoms with Crippen molar-refractivity contribution in [1.29, 1.82) is 0 Å².